The number of nitrogens with zero attached hydrogens (tertiary/aromatic N) is 2. The highest BCUT2D eigenvalue weighted by atomic mass is 19.3. The summed E-state index contributed by atoms with van der Waals surface area (Å²) in [7, 11) is 0. The lowest BCUT2D eigenvalue weighted by Crippen LogP contribution is -2.47. The fraction of sp³-hybridized carbons (Fsp3) is 0.455. The van der Waals surface area contributed by atoms with Gasteiger partial charge in [0.05, 0.1) is 11.9 Å². The molecule has 0 atom stereocenters. The normalized spacial score (nSPS) is 14.6. The fourth-order valence-corrected chi connectivity index (χ4v) is 3.33. The van der Waals surface area contributed by atoms with Gasteiger partial charge in [-0.25, -0.2) is 4.79 Å². The van der Waals surface area contributed by atoms with Gasteiger partial charge in [0.1, 0.15) is 17.0 Å². The van der Waals surface area contributed by atoms with Crippen LogP contribution in [0.4, 0.5) is 19.3 Å². The van der Waals surface area contributed by atoms with E-state index in [-0.39, 0.29) is 34.8 Å². The molecule has 1 fully saturated rings. The third kappa shape index (κ3) is 6.90. The molecule has 0 unspecified atom stereocenters. The monoisotopic (exact) mass is 479 g/mol. The Morgan fingerprint density at radius 3 is 2.35 bits per heavy atom. The number of piperidine rings is 1. The maximum absolute atomic E-state index is 12.7. The third-order valence-corrected chi connectivity index (χ3v) is 4.94. The van der Waals surface area contributed by atoms with E-state index in [2.05, 4.69) is 25.6 Å². The molecule has 184 valence electrons. The largest absolute Gasteiger partial charge is 0.444 e. The first-order chi connectivity index (χ1) is 16.0. The summed E-state index contributed by atoms with van der Waals surface area (Å²) < 4.78 is 34.1. The predicted molar refractivity (Wildman–Crippen MR) is 118 cm³/mol. The van der Waals surface area contributed by atoms with Crippen molar-refractivity contribution < 1.29 is 32.6 Å². The number of amides is 3. The van der Waals surface area contributed by atoms with Gasteiger partial charge in [-0.15, -0.1) is 0 Å². The van der Waals surface area contributed by atoms with Crippen molar-refractivity contribution in [3.05, 3.63) is 41.7 Å². The third-order valence-electron chi connectivity index (χ3n) is 4.94. The van der Waals surface area contributed by atoms with Crippen molar-refractivity contribution in [2.75, 3.05) is 18.4 Å². The maximum Gasteiger partial charge on any atom is 0.410 e. The number of aromatic nitrogens is 2. The van der Waals surface area contributed by atoms with Gasteiger partial charge in [0, 0.05) is 24.7 Å². The van der Waals surface area contributed by atoms with Crippen LogP contribution in [0, 0.1) is 0 Å². The lowest BCUT2D eigenvalue weighted by atomic mass is 10.1. The summed E-state index contributed by atoms with van der Waals surface area (Å²) in [4.78, 5) is 39.0. The highest BCUT2D eigenvalue weighted by Gasteiger charge is 2.28. The molecule has 2 heterocycles. The van der Waals surface area contributed by atoms with Crippen LogP contribution in [0.25, 0.3) is 0 Å². The van der Waals surface area contributed by atoms with E-state index in [1.807, 2.05) is 0 Å². The Morgan fingerprint density at radius 2 is 1.76 bits per heavy atom. The first-order valence-corrected chi connectivity index (χ1v) is 10.7. The molecule has 3 amide bonds. The number of nitrogens with one attached hydrogen (secondary N) is 3. The Kier molecular flexibility index (Phi) is 7.69. The molecule has 1 aliphatic heterocycles. The van der Waals surface area contributed by atoms with Gasteiger partial charge in [-0.1, -0.05) is 0 Å². The minimum atomic E-state index is -2.96. The molecular weight excluding hydrogens is 452 g/mol. The Balaban J connectivity index is 1.54. The number of hydrogen-bond acceptors (Lipinski definition) is 6. The molecule has 1 saturated heterocycles. The Bertz CT molecular complexity index is 1010. The van der Waals surface area contributed by atoms with Crippen LogP contribution in [0.5, 0.6) is 5.75 Å². The fourth-order valence-electron chi connectivity index (χ4n) is 3.33. The van der Waals surface area contributed by atoms with E-state index in [0.717, 1.165) is 0 Å². The Hall–Kier alpha value is -3.70. The van der Waals surface area contributed by atoms with E-state index in [1.165, 1.54) is 30.5 Å². The van der Waals surface area contributed by atoms with E-state index in [0.29, 0.717) is 25.9 Å². The molecule has 1 aromatic carbocycles. The summed E-state index contributed by atoms with van der Waals surface area (Å²) in [6, 6.07) is 4.97. The summed E-state index contributed by atoms with van der Waals surface area (Å²) in [5.74, 6) is -1.08. The zero-order valence-electron chi connectivity index (χ0n) is 19.1. The molecule has 0 spiro atoms. The molecule has 3 rings (SSSR count). The number of ether oxygens (including phenoxy) is 2. The van der Waals surface area contributed by atoms with Crippen LogP contribution in [0.2, 0.25) is 0 Å². The number of benzene rings is 1. The van der Waals surface area contributed by atoms with Crippen LogP contribution in [-0.2, 0) is 4.74 Å². The summed E-state index contributed by atoms with van der Waals surface area (Å²) in [6.07, 6.45) is 2.01. The number of likely N-dealkylation sites (tertiary alicyclic amines) is 1. The average molecular weight is 479 g/mol. The zero-order valence-corrected chi connectivity index (χ0v) is 19.1. The second-order valence-electron chi connectivity index (χ2n) is 8.73. The van der Waals surface area contributed by atoms with Crippen molar-refractivity contribution in [1.29, 1.82) is 0 Å². The molecule has 0 bridgehead atoms. The molecule has 0 radical (unpaired) electrons. The standard InChI is InChI=1S/C22H27F2N5O5/c1-22(2,3)34-21(32)29-10-8-14(9-11-29)26-19(31)17-16(12-25-28-17)27-18(30)13-4-6-15(7-5-13)33-20(23)24/h4-7,12,14,20H,8-11H2,1-3H3,(H,25,28)(H,26,31)(H,27,30). The number of aromatic amines is 1. The lowest BCUT2D eigenvalue weighted by Gasteiger charge is -2.33. The number of anilines is 1. The van der Waals surface area contributed by atoms with Crippen LogP contribution in [0.1, 0.15) is 54.5 Å². The predicted octanol–water partition coefficient (Wildman–Crippen LogP) is 3.39. The minimum Gasteiger partial charge on any atom is -0.444 e. The second kappa shape index (κ2) is 10.5. The summed E-state index contributed by atoms with van der Waals surface area (Å²) in [5.41, 5.74) is -0.156. The van der Waals surface area contributed by atoms with Crippen molar-refractivity contribution in [3.63, 3.8) is 0 Å². The summed E-state index contributed by atoms with van der Waals surface area (Å²) in [6.45, 7) is 3.33. The topological polar surface area (TPSA) is 126 Å². The van der Waals surface area contributed by atoms with Crippen molar-refractivity contribution in [2.24, 2.45) is 0 Å². The number of rotatable bonds is 6. The highest BCUT2D eigenvalue weighted by Crippen LogP contribution is 2.19. The van der Waals surface area contributed by atoms with Crippen LogP contribution in [0.15, 0.2) is 30.5 Å². The van der Waals surface area contributed by atoms with Gasteiger partial charge in [-0.05, 0) is 57.9 Å². The van der Waals surface area contributed by atoms with Crippen molar-refractivity contribution in [3.8, 4) is 5.75 Å². The quantitative estimate of drug-likeness (QED) is 0.583. The second-order valence-corrected chi connectivity index (χ2v) is 8.73. The van der Waals surface area contributed by atoms with Gasteiger partial charge in [0.25, 0.3) is 11.8 Å². The first kappa shape index (κ1) is 24.9. The number of H-pyrrole nitrogens is 1. The lowest BCUT2D eigenvalue weighted by molar-refractivity contribution is -0.0498. The van der Waals surface area contributed by atoms with Gasteiger partial charge in [-0.3, -0.25) is 14.7 Å². The molecule has 1 aromatic heterocycles. The maximum atomic E-state index is 12.7. The van der Waals surface area contributed by atoms with Gasteiger partial charge < -0.3 is 25.0 Å². The molecule has 2 aromatic rings. The number of carbonyl (C=O) groups excluding carboxylic acids is 3. The summed E-state index contributed by atoms with van der Waals surface area (Å²) >= 11 is 0. The molecule has 10 nitrogen and oxygen atoms in total. The van der Waals surface area contributed by atoms with E-state index in [9.17, 15) is 23.2 Å². The zero-order chi connectivity index (χ0) is 24.9. The number of alkyl halides is 2. The van der Waals surface area contributed by atoms with Crippen LogP contribution < -0.4 is 15.4 Å². The smallest absolute Gasteiger partial charge is 0.410 e. The Morgan fingerprint density at radius 1 is 1.12 bits per heavy atom. The van der Waals surface area contributed by atoms with Gasteiger partial charge in [0.15, 0.2) is 0 Å². The molecule has 34 heavy (non-hydrogen) atoms. The molecular formula is C22H27F2N5O5. The minimum absolute atomic E-state index is 0.0700. The van der Waals surface area contributed by atoms with Crippen molar-refractivity contribution in [1.82, 2.24) is 20.4 Å². The van der Waals surface area contributed by atoms with Gasteiger partial charge >= 0.3 is 12.7 Å². The van der Waals surface area contributed by atoms with Crippen molar-refractivity contribution in [2.45, 2.75) is 51.9 Å². The van der Waals surface area contributed by atoms with E-state index < -0.39 is 24.0 Å². The number of halogens is 2. The number of hydrogen-bond donors (Lipinski definition) is 3. The average Bonchev–Trinajstić information content (AvgIpc) is 3.21. The van der Waals surface area contributed by atoms with Crippen LogP contribution >= 0.6 is 0 Å². The van der Waals surface area contributed by atoms with Crippen molar-refractivity contribution >= 4 is 23.6 Å². The highest BCUT2D eigenvalue weighted by molar-refractivity contribution is 6.08. The molecule has 0 saturated carbocycles. The first-order valence-electron chi connectivity index (χ1n) is 10.7. The van der Waals surface area contributed by atoms with Crippen LogP contribution in [0.3, 0.4) is 0 Å². The van der Waals surface area contributed by atoms with E-state index in [4.69, 9.17) is 4.74 Å². The number of carbonyl (C=O) groups is 3. The van der Waals surface area contributed by atoms with E-state index >= 15 is 0 Å². The molecule has 12 heteroatoms. The summed E-state index contributed by atoms with van der Waals surface area (Å²) in [5, 5.41) is 11.9. The van der Waals surface area contributed by atoms with E-state index in [1.54, 1.807) is 25.7 Å². The van der Waals surface area contributed by atoms with Crippen LogP contribution in [-0.4, -0.2) is 64.3 Å². The van der Waals surface area contributed by atoms with Gasteiger partial charge in [0.2, 0.25) is 0 Å². The molecule has 1 aliphatic rings. The SMILES string of the molecule is CC(C)(C)OC(=O)N1CCC(NC(=O)c2[nH]ncc2NC(=O)c2ccc(OC(F)F)cc2)CC1. The van der Waals surface area contributed by atoms with Gasteiger partial charge in [-0.2, -0.15) is 13.9 Å². The molecule has 0 aliphatic carbocycles. The molecule has 3 N–H and O–H groups in total. The Labute approximate surface area is 195 Å².